The van der Waals surface area contributed by atoms with Gasteiger partial charge >= 0.3 is 0 Å². The van der Waals surface area contributed by atoms with Crippen molar-refractivity contribution < 1.29 is 4.79 Å². The topological polar surface area (TPSA) is 47.3 Å². The monoisotopic (exact) mass is 307 g/mol. The maximum atomic E-state index is 11.9. The third-order valence-electron chi connectivity index (χ3n) is 3.09. The van der Waals surface area contributed by atoms with E-state index in [0.29, 0.717) is 12.1 Å². The Labute approximate surface area is 115 Å². The van der Waals surface area contributed by atoms with Crippen molar-refractivity contribution >= 4 is 27.5 Å². The molecule has 1 aliphatic heterocycles. The normalized spacial score (nSPS) is 16.4. The van der Waals surface area contributed by atoms with Crippen molar-refractivity contribution in [2.45, 2.75) is 6.42 Å². The Balaban J connectivity index is 2.33. The van der Waals surface area contributed by atoms with Gasteiger partial charge in [0.15, 0.2) is 0 Å². The molecule has 2 rings (SSSR count). The van der Waals surface area contributed by atoms with E-state index >= 15 is 0 Å². The second kappa shape index (κ2) is 5.40. The number of hydrogen-bond acceptors (Lipinski definition) is 3. The minimum atomic E-state index is 0.0939. The minimum absolute atomic E-state index is 0.0939. The first-order chi connectivity index (χ1) is 8.61. The molecule has 0 spiro atoms. The predicted octanol–water partition coefficient (Wildman–Crippen LogP) is 1.99. The van der Waals surface area contributed by atoms with Crippen LogP contribution in [0.25, 0.3) is 0 Å². The fourth-order valence-corrected chi connectivity index (χ4v) is 2.40. The fraction of sp³-hybridized carbons (Fsp3) is 0.385. The Bertz CT molecular complexity index is 509. The maximum Gasteiger partial charge on any atom is 0.241 e. The standard InChI is InChI=1S/C13H14BrN3O/c1-16-5-2-6-17(9-13(16)18)12-7-11(14)4-3-10(12)8-15/h3-4,7H,2,5-6,9H2,1H3. The lowest BCUT2D eigenvalue weighted by molar-refractivity contribution is -0.127. The molecule has 0 N–H and O–H groups in total. The summed E-state index contributed by atoms with van der Waals surface area (Å²) < 4.78 is 0.918. The Hall–Kier alpha value is -1.54. The summed E-state index contributed by atoms with van der Waals surface area (Å²) in [6, 6.07) is 7.70. The highest BCUT2D eigenvalue weighted by atomic mass is 79.9. The number of likely N-dealkylation sites (N-methyl/N-ethyl adjacent to an activating group) is 1. The van der Waals surface area contributed by atoms with Gasteiger partial charge in [-0.15, -0.1) is 0 Å². The molecule has 1 saturated heterocycles. The first-order valence-corrected chi connectivity index (χ1v) is 6.59. The highest BCUT2D eigenvalue weighted by Gasteiger charge is 2.21. The number of carbonyl (C=O) groups is 1. The number of benzene rings is 1. The first-order valence-electron chi connectivity index (χ1n) is 5.80. The van der Waals surface area contributed by atoms with E-state index in [2.05, 4.69) is 22.0 Å². The molecular weight excluding hydrogens is 294 g/mol. The van der Waals surface area contributed by atoms with Crippen molar-refractivity contribution in [1.82, 2.24) is 4.90 Å². The molecule has 1 amide bonds. The van der Waals surface area contributed by atoms with Crippen LogP contribution in [0.15, 0.2) is 22.7 Å². The zero-order chi connectivity index (χ0) is 13.1. The molecular formula is C13H14BrN3O. The van der Waals surface area contributed by atoms with Crippen LogP contribution >= 0.6 is 15.9 Å². The van der Waals surface area contributed by atoms with Gasteiger partial charge in [0.25, 0.3) is 0 Å². The maximum absolute atomic E-state index is 11.9. The largest absolute Gasteiger partial charge is 0.361 e. The van der Waals surface area contributed by atoms with Crippen LogP contribution in [0.5, 0.6) is 0 Å². The molecule has 0 radical (unpaired) electrons. The number of hydrogen-bond donors (Lipinski definition) is 0. The summed E-state index contributed by atoms with van der Waals surface area (Å²) in [4.78, 5) is 15.6. The van der Waals surface area contributed by atoms with Gasteiger partial charge in [-0.25, -0.2) is 0 Å². The van der Waals surface area contributed by atoms with Gasteiger partial charge in [0.2, 0.25) is 5.91 Å². The van der Waals surface area contributed by atoms with Crippen LogP contribution in [0.3, 0.4) is 0 Å². The number of amides is 1. The van der Waals surface area contributed by atoms with Crippen LogP contribution < -0.4 is 4.90 Å². The summed E-state index contributed by atoms with van der Waals surface area (Å²) in [5, 5.41) is 9.14. The number of nitrogens with zero attached hydrogens (tertiary/aromatic N) is 3. The number of rotatable bonds is 1. The molecule has 1 aromatic rings. The first kappa shape index (κ1) is 12.9. The lowest BCUT2D eigenvalue weighted by atomic mass is 10.1. The average Bonchev–Trinajstić information content (AvgIpc) is 2.52. The quantitative estimate of drug-likeness (QED) is 0.797. The molecule has 0 atom stereocenters. The van der Waals surface area contributed by atoms with Crippen LogP contribution in [0, 0.1) is 11.3 Å². The summed E-state index contributed by atoms with van der Waals surface area (Å²) >= 11 is 3.41. The van der Waals surface area contributed by atoms with Crippen LogP contribution in [0.4, 0.5) is 5.69 Å². The molecule has 18 heavy (non-hydrogen) atoms. The fourth-order valence-electron chi connectivity index (χ4n) is 2.05. The predicted molar refractivity (Wildman–Crippen MR) is 73.3 cm³/mol. The van der Waals surface area contributed by atoms with Crippen molar-refractivity contribution in [3.05, 3.63) is 28.2 Å². The zero-order valence-corrected chi connectivity index (χ0v) is 11.8. The highest BCUT2D eigenvalue weighted by Crippen LogP contribution is 2.25. The molecule has 1 aliphatic rings. The third-order valence-corrected chi connectivity index (χ3v) is 3.59. The molecule has 5 heteroatoms. The Morgan fingerprint density at radius 1 is 1.39 bits per heavy atom. The van der Waals surface area contributed by atoms with Crippen LogP contribution in [-0.2, 0) is 4.79 Å². The van der Waals surface area contributed by atoms with Gasteiger partial charge in [-0.1, -0.05) is 15.9 Å². The highest BCUT2D eigenvalue weighted by molar-refractivity contribution is 9.10. The van der Waals surface area contributed by atoms with Gasteiger partial charge in [-0.2, -0.15) is 5.26 Å². The van der Waals surface area contributed by atoms with Gasteiger partial charge in [-0.05, 0) is 24.6 Å². The third kappa shape index (κ3) is 2.65. The van der Waals surface area contributed by atoms with E-state index in [-0.39, 0.29) is 5.91 Å². The van der Waals surface area contributed by atoms with Gasteiger partial charge in [0.05, 0.1) is 17.8 Å². The van der Waals surface area contributed by atoms with E-state index in [1.807, 2.05) is 24.1 Å². The molecule has 0 bridgehead atoms. The van der Waals surface area contributed by atoms with Gasteiger partial charge < -0.3 is 9.80 Å². The van der Waals surface area contributed by atoms with Crippen molar-refractivity contribution in [2.75, 3.05) is 31.6 Å². The van der Waals surface area contributed by atoms with Gasteiger partial charge in [0, 0.05) is 24.6 Å². The summed E-state index contributed by atoms with van der Waals surface area (Å²) in [5.74, 6) is 0.0939. The van der Waals surface area contributed by atoms with Crippen molar-refractivity contribution in [1.29, 1.82) is 5.26 Å². The van der Waals surface area contributed by atoms with Crippen LogP contribution in [0.2, 0.25) is 0 Å². The van der Waals surface area contributed by atoms with Gasteiger partial charge in [0.1, 0.15) is 6.07 Å². The van der Waals surface area contributed by atoms with Crippen LogP contribution in [0.1, 0.15) is 12.0 Å². The zero-order valence-electron chi connectivity index (χ0n) is 10.2. The second-order valence-corrected chi connectivity index (χ2v) is 5.28. The molecule has 1 aromatic carbocycles. The summed E-state index contributed by atoms with van der Waals surface area (Å²) in [6.07, 6.45) is 0.916. The van der Waals surface area contributed by atoms with Crippen molar-refractivity contribution in [3.63, 3.8) is 0 Å². The number of anilines is 1. The number of nitriles is 1. The SMILES string of the molecule is CN1CCCN(c2cc(Br)ccc2C#N)CC1=O. The van der Waals surface area contributed by atoms with E-state index in [1.54, 1.807) is 11.0 Å². The lowest BCUT2D eigenvalue weighted by Crippen LogP contribution is -2.34. The van der Waals surface area contributed by atoms with E-state index < -0.39 is 0 Å². The Morgan fingerprint density at radius 3 is 2.89 bits per heavy atom. The van der Waals surface area contributed by atoms with Crippen molar-refractivity contribution in [2.24, 2.45) is 0 Å². The van der Waals surface area contributed by atoms with E-state index in [0.717, 1.165) is 29.7 Å². The number of halogens is 1. The molecule has 1 heterocycles. The molecule has 0 aromatic heterocycles. The summed E-state index contributed by atoms with van der Waals surface area (Å²) in [6.45, 7) is 1.90. The van der Waals surface area contributed by atoms with Gasteiger partial charge in [-0.3, -0.25) is 4.79 Å². The average molecular weight is 308 g/mol. The molecule has 0 unspecified atom stereocenters. The summed E-state index contributed by atoms with van der Waals surface area (Å²) in [7, 11) is 1.82. The molecule has 94 valence electrons. The van der Waals surface area contributed by atoms with Crippen LogP contribution in [-0.4, -0.2) is 37.5 Å². The lowest BCUT2D eigenvalue weighted by Gasteiger charge is -2.23. The Morgan fingerprint density at radius 2 is 2.17 bits per heavy atom. The second-order valence-electron chi connectivity index (χ2n) is 4.36. The molecule has 0 aliphatic carbocycles. The summed E-state index contributed by atoms with van der Waals surface area (Å²) in [5.41, 5.74) is 1.44. The molecule has 0 saturated carbocycles. The van der Waals surface area contributed by atoms with Crippen molar-refractivity contribution in [3.8, 4) is 6.07 Å². The van der Waals surface area contributed by atoms with E-state index in [4.69, 9.17) is 5.26 Å². The minimum Gasteiger partial charge on any atom is -0.361 e. The molecule has 1 fully saturated rings. The number of carbonyl (C=O) groups excluding carboxylic acids is 1. The van der Waals surface area contributed by atoms with E-state index in [1.165, 1.54) is 0 Å². The van der Waals surface area contributed by atoms with E-state index in [9.17, 15) is 4.79 Å². The molecule has 4 nitrogen and oxygen atoms in total. The smallest absolute Gasteiger partial charge is 0.241 e. The Kier molecular flexibility index (Phi) is 3.87.